The van der Waals surface area contributed by atoms with Crippen LogP contribution in [0.3, 0.4) is 0 Å². The normalized spacial score (nSPS) is 20.5. The van der Waals surface area contributed by atoms with Gasteiger partial charge in [-0.15, -0.1) is 0 Å². The Kier molecular flexibility index (Phi) is 4.74. The van der Waals surface area contributed by atoms with Crippen molar-refractivity contribution in [1.82, 2.24) is 4.72 Å². The number of methoxy groups -OCH3 is 1. The largest absolute Gasteiger partial charge is 0.353 e. The van der Waals surface area contributed by atoms with Gasteiger partial charge in [0.05, 0.1) is 9.93 Å². The van der Waals surface area contributed by atoms with E-state index in [-0.39, 0.29) is 26.1 Å². The van der Waals surface area contributed by atoms with Gasteiger partial charge in [-0.1, -0.05) is 65.7 Å². The van der Waals surface area contributed by atoms with Crippen LogP contribution in [0.4, 0.5) is 0 Å². The first-order valence-electron chi connectivity index (χ1n) is 7.17. The van der Waals surface area contributed by atoms with Gasteiger partial charge >= 0.3 is 0 Å². The molecule has 0 saturated carbocycles. The maximum Gasteiger partial charge on any atom is 0.243 e. The number of Topliss-reactive ketones (excluding diaryl/α,β-unsaturated/α-hetero) is 1. The molecule has 8 heteroatoms. The molecule has 0 fully saturated rings. The van der Waals surface area contributed by atoms with Crippen molar-refractivity contribution in [3.8, 4) is 0 Å². The molecule has 25 heavy (non-hydrogen) atoms. The second-order valence-corrected chi connectivity index (χ2v) is 7.74. The van der Waals surface area contributed by atoms with Crippen LogP contribution in [0.15, 0.2) is 69.6 Å². The number of rotatable bonds is 4. The van der Waals surface area contributed by atoms with Crippen LogP contribution in [0.25, 0.3) is 0 Å². The van der Waals surface area contributed by atoms with Gasteiger partial charge in [0.2, 0.25) is 15.8 Å². The summed E-state index contributed by atoms with van der Waals surface area (Å²) in [4.78, 5) is 12.4. The van der Waals surface area contributed by atoms with Crippen LogP contribution >= 0.6 is 23.2 Å². The van der Waals surface area contributed by atoms with Gasteiger partial charge in [0, 0.05) is 18.2 Å². The van der Waals surface area contributed by atoms with Crippen molar-refractivity contribution in [2.24, 2.45) is 0 Å². The molecule has 0 spiro atoms. The molecule has 3 rings (SSSR count). The molecule has 0 amide bonds. The number of fused-ring (bicyclic) bond motifs is 1. The van der Waals surface area contributed by atoms with Crippen molar-refractivity contribution < 1.29 is 17.9 Å². The van der Waals surface area contributed by atoms with Crippen molar-refractivity contribution in [2.45, 2.75) is 10.6 Å². The minimum Gasteiger partial charge on any atom is -0.353 e. The van der Waals surface area contributed by atoms with Gasteiger partial charge in [0.15, 0.2) is 5.72 Å². The Morgan fingerprint density at radius 3 is 2.24 bits per heavy atom. The van der Waals surface area contributed by atoms with Crippen molar-refractivity contribution in [2.75, 3.05) is 7.11 Å². The highest BCUT2D eigenvalue weighted by atomic mass is 35.5. The van der Waals surface area contributed by atoms with Gasteiger partial charge in [-0.3, -0.25) is 4.79 Å². The summed E-state index contributed by atoms with van der Waals surface area (Å²) in [5.41, 5.74) is -1.30. The van der Waals surface area contributed by atoms with Crippen LogP contribution in [0.5, 0.6) is 0 Å². The Bertz CT molecular complexity index is 973. The van der Waals surface area contributed by atoms with Crippen molar-refractivity contribution >= 4 is 39.0 Å². The molecule has 0 aromatic heterocycles. The summed E-state index contributed by atoms with van der Waals surface area (Å²) in [5.74, 6) is -0.492. The SMILES string of the molecule is COC1(NS(=O)(=O)c2ccccc2)C(Cl)=C(Cl)C(=O)c2ccccc21. The molecule has 1 aliphatic carbocycles. The lowest BCUT2D eigenvalue weighted by Crippen LogP contribution is -2.50. The standard InChI is InChI=1S/C17H13Cl2NO4S/c1-24-17(20-25(22,23)11-7-3-2-4-8-11)13-10-6-5-9-12(13)15(21)14(18)16(17)19/h2-10,20H,1H3. The predicted octanol–water partition coefficient (Wildman–Crippen LogP) is 3.35. The topological polar surface area (TPSA) is 72.5 Å². The molecule has 0 heterocycles. The minimum absolute atomic E-state index is 0.0291. The summed E-state index contributed by atoms with van der Waals surface area (Å²) in [7, 11) is -2.73. The van der Waals surface area contributed by atoms with Crippen LogP contribution in [0, 0.1) is 0 Å². The number of hydrogen-bond acceptors (Lipinski definition) is 4. The van der Waals surface area contributed by atoms with E-state index in [1.54, 1.807) is 36.4 Å². The smallest absolute Gasteiger partial charge is 0.243 e. The minimum atomic E-state index is -4.01. The van der Waals surface area contributed by atoms with Crippen LogP contribution in [-0.2, 0) is 20.5 Å². The molecule has 0 aliphatic heterocycles. The van der Waals surface area contributed by atoms with E-state index in [9.17, 15) is 13.2 Å². The number of benzene rings is 2. The second-order valence-electron chi connectivity index (χ2n) is 5.31. The molecular weight excluding hydrogens is 385 g/mol. The van der Waals surface area contributed by atoms with Gasteiger partial charge in [-0.2, -0.15) is 4.72 Å². The maximum atomic E-state index is 12.8. The third-order valence-corrected chi connectivity index (χ3v) is 6.25. The number of carbonyl (C=O) groups excluding carboxylic acids is 1. The molecule has 0 radical (unpaired) electrons. The van der Waals surface area contributed by atoms with Gasteiger partial charge in [0.25, 0.3) is 0 Å². The number of ether oxygens (including phenoxy) is 1. The molecule has 2 aromatic rings. The van der Waals surface area contributed by atoms with E-state index in [0.717, 1.165) is 0 Å². The van der Waals surface area contributed by atoms with Crippen molar-refractivity contribution in [1.29, 1.82) is 0 Å². The highest BCUT2D eigenvalue weighted by Crippen LogP contribution is 2.44. The average Bonchev–Trinajstić information content (AvgIpc) is 2.64. The third kappa shape index (κ3) is 2.90. The first kappa shape index (κ1) is 18.1. The quantitative estimate of drug-likeness (QED) is 0.802. The Morgan fingerprint density at radius 1 is 1.00 bits per heavy atom. The van der Waals surface area contributed by atoms with Gasteiger partial charge < -0.3 is 4.74 Å². The van der Waals surface area contributed by atoms with Crippen LogP contribution < -0.4 is 4.72 Å². The monoisotopic (exact) mass is 397 g/mol. The van der Waals surface area contributed by atoms with E-state index in [2.05, 4.69) is 4.72 Å². The zero-order valence-corrected chi connectivity index (χ0v) is 15.3. The fourth-order valence-corrected chi connectivity index (χ4v) is 4.58. The molecule has 1 atom stereocenters. The highest BCUT2D eigenvalue weighted by molar-refractivity contribution is 7.89. The van der Waals surface area contributed by atoms with Crippen molar-refractivity contribution in [3.63, 3.8) is 0 Å². The van der Waals surface area contributed by atoms with E-state index in [0.29, 0.717) is 0 Å². The Labute approximate surface area is 155 Å². The van der Waals surface area contributed by atoms with Crippen LogP contribution in [-0.4, -0.2) is 21.3 Å². The van der Waals surface area contributed by atoms with E-state index < -0.39 is 21.5 Å². The molecule has 1 aliphatic rings. The lowest BCUT2D eigenvalue weighted by molar-refractivity contribution is 0.0122. The number of sulfonamides is 1. The van der Waals surface area contributed by atoms with Gasteiger partial charge in [0.1, 0.15) is 5.03 Å². The molecule has 5 nitrogen and oxygen atoms in total. The lowest BCUT2D eigenvalue weighted by Gasteiger charge is -2.37. The third-order valence-electron chi connectivity index (χ3n) is 3.89. The maximum absolute atomic E-state index is 12.8. The van der Waals surface area contributed by atoms with Crippen molar-refractivity contribution in [3.05, 3.63) is 75.8 Å². The Hall–Kier alpha value is -1.70. The summed E-state index contributed by atoms with van der Waals surface area (Å²) in [6.45, 7) is 0. The predicted molar refractivity (Wildman–Crippen MR) is 95.0 cm³/mol. The Morgan fingerprint density at radius 2 is 1.60 bits per heavy atom. The van der Waals surface area contributed by atoms with Gasteiger partial charge in [-0.25, -0.2) is 8.42 Å². The fraction of sp³-hybridized carbons (Fsp3) is 0.118. The van der Waals surface area contributed by atoms with E-state index in [1.165, 1.54) is 25.3 Å². The summed E-state index contributed by atoms with van der Waals surface area (Å²) in [5, 5.41) is -0.530. The fourth-order valence-electron chi connectivity index (χ4n) is 2.67. The second kappa shape index (κ2) is 6.55. The first-order chi connectivity index (χ1) is 11.8. The van der Waals surface area contributed by atoms with E-state index >= 15 is 0 Å². The van der Waals surface area contributed by atoms with Crippen LogP contribution in [0.2, 0.25) is 0 Å². The number of carbonyl (C=O) groups is 1. The molecule has 1 N–H and O–H groups in total. The first-order valence-corrected chi connectivity index (χ1v) is 9.41. The molecule has 2 aromatic carbocycles. The van der Waals surface area contributed by atoms with Gasteiger partial charge in [-0.05, 0) is 12.1 Å². The summed E-state index contributed by atoms with van der Waals surface area (Å²) in [6.07, 6.45) is 0. The summed E-state index contributed by atoms with van der Waals surface area (Å²) in [6, 6.07) is 14.2. The average molecular weight is 398 g/mol. The number of allylic oxidation sites excluding steroid dienone is 1. The van der Waals surface area contributed by atoms with E-state index in [4.69, 9.17) is 27.9 Å². The number of ketones is 1. The zero-order valence-electron chi connectivity index (χ0n) is 13.0. The number of hydrogen-bond donors (Lipinski definition) is 1. The summed E-state index contributed by atoms with van der Waals surface area (Å²) >= 11 is 12.3. The molecule has 130 valence electrons. The molecule has 1 unspecified atom stereocenters. The highest BCUT2D eigenvalue weighted by Gasteiger charge is 2.48. The molecular formula is C17H13Cl2NO4S. The molecule has 0 bridgehead atoms. The summed E-state index contributed by atoms with van der Waals surface area (Å²) < 4.78 is 33.5. The zero-order chi connectivity index (χ0) is 18.2. The molecule has 0 saturated heterocycles. The lowest BCUT2D eigenvalue weighted by atomic mass is 9.89. The van der Waals surface area contributed by atoms with E-state index in [1.807, 2.05) is 0 Å². The number of nitrogens with one attached hydrogen (secondary N) is 1. The Balaban J connectivity index is 2.22. The number of halogens is 2. The van der Waals surface area contributed by atoms with Crippen LogP contribution in [0.1, 0.15) is 15.9 Å².